The topological polar surface area (TPSA) is 74.6 Å². The molecule has 0 amide bonds. The van der Waals surface area contributed by atoms with Gasteiger partial charge in [0.25, 0.3) is 0 Å². The van der Waals surface area contributed by atoms with E-state index in [1.165, 1.54) is 12.2 Å². The Balaban J connectivity index is 3.26. The van der Waals surface area contributed by atoms with Gasteiger partial charge in [-0.15, -0.1) is 0 Å². The SMILES string of the molecule is O=C(O)C=CCCCCC=CCCCCCC=CC(=O)O. The number of hydrogen-bond acceptors (Lipinski definition) is 2. The van der Waals surface area contributed by atoms with Crippen LogP contribution in [0.5, 0.6) is 0 Å². The Kier molecular flexibility index (Phi) is 13.3. The lowest BCUT2D eigenvalue weighted by Crippen LogP contribution is -1.85. The third kappa shape index (κ3) is 18.2. The molecule has 4 heteroatoms. The van der Waals surface area contributed by atoms with Crippen molar-refractivity contribution in [3.05, 3.63) is 36.5 Å². The number of rotatable bonds is 13. The molecule has 0 aliphatic carbocycles. The first kappa shape index (κ1) is 19.2. The van der Waals surface area contributed by atoms with Crippen LogP contribution in [0.25, 0.3) is 0 Å². The Morgan fingerprint density at radius 1 is 0.571 bits per heavy atom. The van der Waals surface area contributed by atoms with Crippen molar-refractivity contribution in [2.45, 2.75) is 57.8 Å². The van der Waals surface area contributed by atoms with Crippen LogP contribution in [-0.4, -0.2) is 22.2 Å². The van der Waals surface area contributed by atoms with E-state index in [0.717, 1.165) is 57.8 Å². The fraction of sp³-hybridized carbons (Fsp3) is 0.529. The van der Waals surface area contributed by atoms with Crippen molar-refractivity contribution < 1.29 is 19.8 Å². The summed E-state index contributed by atoms with van der Waals surface area (Å²) in [5.74, 6) is -1.76. The van der Waals surface area contributed by atoms with Crippen LogP contribution in [0.1, 0.15) is 57.8 Å². The Morgan fingerprint density at radius 3 is 1.29 bits per heavy atom. The number of carbonyl (C=O) groups is 2. The summed E-state index contributed by atoms with van der Waals surface area (Å²) < 4.78 is 0. The van der Waals surface area contributed by atoms with Gasteiger partial charge in [-0.25, -0.2) is 9.59 Å². The molecule has 0 fully saturated rings. The lowest BCUT2D eigenvalue weighted by atomic mass is 10.1. The molecule has 0 aromatic rings. The van der Waals surface area contributed by atoms with Gasteiger partial charge >= 0.3 is 11.9 Å². The molecule has 4 nitrogen and oxygen atoms in total. The molecule has 0 saturated heterocycles. The molecule has 0 rings (SSSR count). The highest BCUT2D eigenvalue weighted by atomic mass is 16.4. The summed E-state index contributed by atoms with van der Waals surface area (Å²) in [5, 5.41) is 16.8. The molecule has 0 aliphatic rings. The molecule has 0 aliphatic heterocycles. The summed E-state index contributed by atoms with van der Waals surface area (Å²) in [6, 6.07) is 0. The minimum absolute atomic E-state index is 0.823. The molecule has 0 saturated carbocycles. The van der Waals surface area contributed by atoms with E-state index in [2.05, 4.69) is 12.2 Å². The van der Waals surface area contributed by atoms with Gasteiger partial charge in [0.05, 0.1) is 0 Å². The minimum Gasteiger partial charge on any atom is -0.478 e. The smallest absolute Gasteiger partial charge is 0.327 e. The van der Waals surface area contributed by atoms with Gasteiger partial charge in [-0.3, -0.25) is 0 Å². The van der Waals surface area contributed by atoms with Gasteiger partial charge in [-0.2, -0.15) is 0 Å². The normalized spacial score (nSPS) is 11.8. The molecule has 0 aromatic carbocycles. The highest BCUT2D eigenvalue weighted by molar-refractivity contribution is 5.79. The van der Waals surface area contributed by atoms with Crippen molar-refractivity contribution in [1.29, 1.82) is 0 Å². The van der Waals surface area contributed by atoms with Crippen molar-refractivity contribution in [1.82, 2.24) is 0 Å². The van der Waals surface area contributed by atoms with E-state index in [1.54, 1.807) is 12.2 Å². The second kappa shape index (κ2) is 14.6. The molecular formula is C17H26O4. The third-order valence-corrected chi connectivity index (χ3v) is 2.92. The maximum absolute atomic E-state index is 10.2. The number of carboxylic acids is 2. The molecule has 118 valence electrons. The maximum atomic E-state index is 10.2. The number of unbranched alkanes of at least 4 members (excludes halogenated alkanes) is 7. The zero-order valence-corrected chi connectivity index (χ0v) is 12.5. The Hall–Kier alpha value is -1.84. The first-order chi connectivity index (χ1) is 10.1. The Morgan fingerprint density at radius 2 is 0.905 bits per heavy atom. The summed E-state index contributed by atoms with van der Waals surface area (Å²) >= 11 is 0. The molecule has 0 radical (unpaired) electrons. The summed E-state index contributed by atoms with van der Waals surface area (Å²) in [6.07, 6.45) is 19.3. The van der Waals surface area contributed by atoms with E-state index in [4.69, 9.17) is 10.2 Å². The average molecular weight is 294 g/mol. The molecule has 2 N–H and O–H groups in total. The van der Waals surface area contributed by atoms with Crippen molar-refractivity contribution in [2.24, 2.45) is 0 Å². The van der Waals surface area contributed by atoms with E-state index in [9.17, 15) is 9.59 Å². The van der Waals surface area contributed by atoms with Crippen LogP contribution in [0.3, 0.4) is 0 Å². The van der Waals surface area contributed by atoms with Gasteiger partial charge in [0.2, 0.25) is 0 Å². The minimum atomic E-state index is -0.881. The maximum Gasteiger partial charge on any atom is 0.327 e. The van der Waals surface area contributed by atoms with Gasteiger partial charge in [0, 0.05) is 12.2 Å². The van der Waals surface area contributed by atoms with Crippen LogP contribution in [0.15, 0.2) is 36.5 Å². The monoisotopic (exact) mass is 294 g/mol. The molecule has 0 bridgehead atoms. The van der Waals surface area contributed by atoms with Crippen LogP contribution in [-0.2, 0) is 9.59 Å². The lowest BCUT2D eigenvalue weighted by Gasteiger charge is -1.96. The highest BCUT2D eigenvalue weighted by Crippen LogP contribution is 2.06. The average Bonchev–Trinajstić information content (AvgIpc) is 2.42. The lowest BCUT2D eigenvalue weighted by molar-refractivity contribution is -0.132. The van der Waals surface area contributed by atoms with Crippen molar-refractivity contribution >= 4 is 11.9 Å². The zero-order valence-electron chi connectivity index (χ0n) is 12.5. The van der Waals surface area contributed by atoms with Crippen LogP contribution in [0.2, 0.25) is 0 Å². The first-order valence-electron chi connectivity index (χ1n) is 7.57. The van der Waals surface area contributed by atoms with Gasteiger partial charge in [-0.05, 0) is 51.4 Å². The molecule has 0 unspecified atom stereocenters. The van der Waals surface area contributed by atoms with Crippen molar-refractivity contribution in [3.63, 3.8) is 0 Å². The summed E-state index contributed by atoms with van der Waals surface area (Å²) in [5.41, 5.74) is 0. The van der Waals surface area contributed by atoms with Gasteiger partial charge < -0.3 is 10.2 Å². The van der Waals surface area contributed by atoms with Crippen LogP contribution in [0, 0.1) is 0 Å². The van der Waals surface area contributed by atoms with Crippen LogP contribution >= 0.6 is 0 Å². The predicted octanol–water partition coefficient (Wildman–Crippen LogP) is 4.34. The third-order valence-electron chi connectivity index (χ3n) is 2.92. The fourth-order valence-electron chi connectivity index (χ4n) is 1.83. The standard InChI is InChI=1S/C17H26O4/c18-16(19)14-12-10-8-6-4-2-1-3-5-7-9-11-13-15-17(20)21/h1-2,12-15H,3-11H2,(H,18,19)(H,20,21). The zero-order chi connectivity index (χ0) is 15.8. The van der Waals surface area contributed by atoms with Crippen LogP contribution < -0.4 is 0 Å². The summed E-state index contributed by atoms with van der Waals surface area (Å²) in [7, 11) is 0. The molecule has 0 heterocycles. The molecule has 0 atom stereocenters. The first-order valence-corrected chi connectivity index (χ1v) is 7.57. The van der Waals surface area contributed by atoms with Gasteiger partial charge in [0.1, 0.15) is 0 Å². The van der Waals surface area contributed by atoms with Crippen molar-refractivity contribution in [3.8, 4) is 0 Å². The quantitative estimate of drug-likeness (QED) is 0.301. The van der Waals surface area contributed by atoms with Gasteiger partial charge in [0.15, 0.2) is 0 Å². The molecule has 21 heavy (non-hydrogen) atoms. The number of aliphatic carboxylic acids is 2. The number of carboxylic acid groups (broad SMARTS) is 2. The van der Waals surface area contributed by atoms with Crippen molar-refractivity contribution in [2.75, 3.05) is 0 Å². The molecule has 0 spiro atoms. The van der Waals surface area contributed by atoms with E-state index >= 15 is 0 Å². The van der Waals surface area contributed by atoms with E-state index in [0.29, 0.717) is 0 Å². The molecular weight excluding hydrogens is 268 g/mol. The highest BCUT2D eigenvalue weighted by Gasteiger charge is 1.89. The second-order valence-electron chi connectivity index (χ2n) is 4.88. The number of allylic oxidation sites excluding steroid dienone is 4. The summed E-state index contributed by atoms with van der Waals surface area (Å²) in [6.45, 7) is 0. The largest absolute Gasteiger partial charge is 0.478 e. The van der Waals surface area contributed by atoms with Gasteiger partial charge in [-0.1, -0.05) is 30.7 Å². The Labute approximate surface area is 126 Å². The molecule has 0 aromatic heterocycles. The fourth-order valence-corrected chi connectivity index (χ4v) is 1.83. The van der Waals surface area contributed by atoms with Crippen LogP contribution in [0.4, 0.5) is 0 Å². The number of hydrogen-bond donors (Lipinski definition) is 2. The van der Waals surface area contributed by atoms with E-state index < -0.39 is 11.9 Å². The predicted molar refractivity (Wildman–Crippen MR) is 84.2 cm³/mol. The second-order valence-corrected chi connectivity index (χ2v) is 4.88. The van der Waals surface area contributed by atoms with E-state index in [-0.39, 0.29) is 0 Å². The van der Waals surface area contributed by atoms with E-state index in [1.807, 2.05) is 0 Å². The Bertz CT molecular complexity index is 367. The summed E-state index contributed by atoms with van der Waals surface area (Å²) in [4.78, 5) is 20.4.